The molecule has 118 valence electrons. The van der Waals surface area contributed by atoms with Crippen molar-refractivity contribution in [3.05, 3.63) is 0 Å². The van der Waals surface area contributed by atoms with Crippen LogP contribution in [0.1, 0.15) is 38.5 Å². The molecule has 2 saturated heterocycles. The van der Waals surface area contributed by atoms with Crippen LogP contribution in [0.15, 0.2) is 0 Å². The molecule has 2 rings (SSSR count). The van der Waals surface area contributed by atoms with Crippen LogP contribution in [-0.2, 0) is 0 Å². The van der Waals surface area contributed by atoms with Crippen molar-refractivity contribution < 1.29 is 0 Å². The maximum absolute atomic E-state index is 2.59. The van der Waals surface area contributed by atoms with E-state index in [2.05, 4.69) is 66.7 Å². The molecule has 0 aliphatic carbocycles. The maximum Gasteiger partial charge on any atom is 0.0752 e. The van der Waals surface area contributed by atoms with Gasteiger partial charge in [0.1, 0.15) is 0 Å². The molecule has 0 saturated carbocycles. The lowest BCUT2D eigenvalue weighted by Crippen LogP contribution is -2.48. The molecule has 0 radical (unpaired) electrons. The molecule has 5 heteroatoms. The van der Waals surface area contributed by atoms with E-state index in [-0.39, 0.29) is 0 Å². The minimum Gasteiger partial charge on any atom is -0.148 e. The van der Waals surface area contributed by atoms with Gasteiger partial charge in [-0.15, -0.1) is 47.0 Å². The minimum absolute atomic E-state index is 0.623. The van der Waals surface area contributed by atoms with Gasteiger partial charge in [0.15, 0.2) is 0 Å². The van der Waals surface area contributed by atoms with Gasteiger partial charge < -0.3 is 0 Å². The van der Waals surface area contributed by atoms with Crippen LogP contribution in [0.4, 0.5) is 0 Å². The normalized spacial score (nSPS) is 24.8. The van der Waals surface area contributed by atoms with E-state index >= 15 is 0 Å². The summed E-state index contributed by atoms with van der Waals surface area (Å²) in [6, 6.07) is 0. The van der Waals surface area contributed by atoms with Crippen molar-refractivity contribution >= 4 is 55.1 Å². The van der Waals surface area contributed by atoms with Crippen molar-refractivity contribution in [2.75, 3.05) is 23.0 Å². The van der Waals surface area contributed by atoms with Gasteiger partial charge in [0.2, 0.25) is 0 Å². The summed E-state index contributed by atoms with van der Waals surface area (Å²) in [5.74, 6) is 5.63. The van der Waals surface area contributed by atoms with E-state index in [9.17, 15) is 0 Å². The first-order valence-corrected chi connectivity index (χ1v) is 15.6. The summed E-state index contributed by atoms with van der Waals surface area (Å²) < 4.78 is 1.54. The zero-order chi connectivity index (χ0) is 14.5. The molecule has 0 aromatic carbocycles. The number of unbranched alkanes of at least 4 members (excludes halogenated alkanes) is 1. The highest BCUT2D eigenvalue weighted by Crippen LogP contribution is 2.51. The first kappa shape index (κ1) is 18.0. The van der Waals surface area contributed by atoms with Crippen LogP contribution in [0.5, 0.6) is 0 Å². The molecule has 0 aromatic rings. The molecule has 0 amide bonds. The van der Waals surface area contributed by atoms with Crippen LogP contribution in [-0.4, -0.2) is 39.4 Å². The van der Waals surface area contributed by atoms with E-state index in [1.807, 2.05) is 0 Å². The maximum atomic E-state index is 2.59. The lowest BCUT2D eigenvalue weighted by molar-refractivity contribution is 0.668. The zero-order valence-electron chi connectivity index (χ0n) is 13.3. The van der Waals surface area contributed by atoms with E-state index in [0.29, 0.717) is 3.70 Å². The van der Waals surface area contributed by atoms with Crippen molar-refractivity contribution in [3.8, 4) is 0 Å². The summed E-state index contributed by atoms with van der Waals surface area (Å²) in [5.41, 5.74) is 0. The third kappa shape index (κ3) is 5.07. The Morgan fingerprint density at radius 3 is 2.10 bits per heavy atom. The topological polar surface area (TPSA) is 0 Å². The van der Waals surface area contributed by atoms with Crippen molar-refractivity contribution in [2.24, 2.45) is 0 Å². The highest BCUT2D eigenvalue weighted by Gasteiger charge is 2.44. The Hall–Kier alpha value is 1.62. The fraction of sp³-hybridized carbons (Fsp3) is 1.00. The SMILES string of the molecule is C[Si](C)(C)C1(CCCCC2SCCCS2)SCCCS1. The zero-order valence-corrected chi connectivity index (χ0v) is 17.5. The van der Waals surface area contributed by atoms with E-state index in [1.54, 1.807) is 0 Å². The molecule has 0 nitrogen and oxygen atoms in total. The highest BCUT2D eigenvalue weighted by molar-refractivity contribution is 8.21. The van der Waals surface area contributed by atoms with Crippen LogP contribution in [0.2, 0.25) is 19.6 Å². The average Bonchev–Trinajstić information content (AvgIpc) is 2.45. The van der Waals surface area contributed by atoms with Gasteiger partial charge in [-0.3, -0.25) is 0 Å². The minimum atomic E-state index is -1.08. The summed E-state index contributed by atoms with van der Waals surface area (Å²) in [6.07, 6.45) is 8.70. The molecule has 0 N–H and O–H groups in total. The summed E-state index contributed by atoms with van der Waals surface area (Å²) >= 11 is 9.07. The van der Waals surface area contributed by atoms with Crippen molar-refractivity contribution in [1.29, 1.82) is 0 Å². The number of hydrogen-bond acceptors (Lipinski definition) is 4. The van der Waals surface area contributed by atoms with Crippen LogP contribution in [0.3, 0.4) is 0 Å². The van der Waals surface area contributed by atoms with Crippen LogP contribution < -0.4 is 0 Å². The Labute approximate surface area is 144 Å². The van der Waals surface area contributed by atoms with Gasteiger partial charge in [-0.1, -0.05) is 32.5 Å². The molecule has 2 aliphatic heterocycles. The first-order valence-electron chi connectivity index (χ1n) is 8.05. The molecule has 0 bridgehead atoms. The molecular weight excluding hydrogens is 337 g/mol. The van der Waals surface area contributed by atoms with Crippen molar-refractivity contribution in [2.45, 2.75) is 66.5 Å². The molecule has 0 aromatic heterocycles. The molecule has 2 aliphatic rings. The third-order valence-electron chi connectivity index (χ3n) is 4.19. The summed E-state index contributed by atoms with van der Waals surface area (Å²) in [5, 5.41) is 0. The Morgan fingerprint density at radius 1 is 0.900 bits per heavy atom. The van der Waals surface area contributed by atoms with Crippen molar-refractivity contribution in [1.82, 2.24) is 0 Å². The van der Waals surface area contributed by atoms with E-state index in [1.165, 1.54) is 61.5 Å². The lowest BCUT2D eigenvalue weighted by Gasteiger charge is -2.45. The lowest BCUT2D eigenvalue weighted by atomic mass is 10.2. The summed E-state index contributed by atoms with van der Waals surface area (Å²) in [4.78, 5) is 0. The van der Waals surface area contributed by atoms with E-state index in [4.69, 9.17) is 0 Å². The molecule has 20 heavy (non-hydrogen) atoms. The standard InChI is InChI=1S/C15H30S4Si/c1-20(2,3)15(18-12-7-13-19-15)9-5-4-8-14-16-10-6-11-17-14/h14H,4-13H2,1-3H3. The van der Waals surface area contributed by atoms with Gasteiger partial charge in [-0.25, -0.2) is 0 Å². The van der Waals surface area contributed by atoms with E-state index < -0.39 is 8.07 Å². The Balaban J connectivity index is 1.74. The van der Waals surface area contributed by atoms with Gasteiger partial charge in [-0.2, -0.15) is 0 Å². The van der Waals surface area contributed by atoms with Crippen LogP contribution in [0, 0.1) is 0 Å². The van der Waals surface area contributed by atoms with Gasteiger partial charge in [0, 0.05) is 0 Å². The molecule has 0 atom stereocenters. The predicted octanol–water partition coefficient (Wildman–Crippen LogP) is 6.19. The second kappa shape index (κ2) is 8.46. The third-order valence-corrected chi connectivity index (χ3v) is 17.4. The predicted molar refractivity (Wildman–Crippen MR) is 107 cm³/mol. The fourth-order valence-electron chi connectivity index (χ4n) is 2.90. The van der Waals surface area contributed by atoms with Crippen LogP contribution in [0.25, 0.3) is 0 Å². The molecule has 0 unspecified atom stereocenters. The van der Waals surface area contributed by atoms with Crippen molar-refractivity contribution in [3.63, 3.8) is 0 Å². The Bertz CT molecular complexity index is 278. The van der Waals surface area contributed by atoms with Gasteiger partial charge in [-0.05, 0) is 48.7 Å². The molecular formula is C15H30S4Si. The second-order valence-electron chi connectivity index (χ2n) is 6.82. The Morgan fingerprint density at radius 2 is 1.50 bits per heavy atom. The largest absolute Gasteiger partial charge is 0.148 e. The molecule has 2 fully saturated rings. The van der Waals surface area contributed by atoms with Crippen LogP contribution >= 0.6 is 47.0 Å². The first-order chi connectivity index (χ1) is 9.54. The summed E-state index contributed by atoms with van der Waals surface area (Å²) in [7, 11) is -1.08. The monoisotopic (exact) mass is 366 g/mol. The second-order valence-corrected chi connectivity index (χ2v) is 18.9. The number of hydrogen-bond donors (Lipinski definition) is 0. The van der Waals surface area contributed by atoms with Gasteiger partial charge >= 0.3 is 0 Å². The highest BCUT2D eigenvalue weighted by atomic mass is 32.2. The number of thioether (sulfide) groups is 4. The average molecular weight is 367 g/mol. The van der Waals surface area contributed by atoms with Gasteiger partial charge in [0.05, 0.1) is 16.4 Å². The molecule has 0 spiro atoms. The van der Waals surface area contributed by atoms with Gasteiger partial charge in [0.25, 0.3) is 0 Å². The Kier molecular flexibility index (Phi) is 7.60. The smallest absolute Gasteiger partial charge is 0.0752 e. The van der Waals surface area contributed by atoms with E-state index in [0.717, 1.165) is 4.58 Å². The quantitative estimate of drug-likeness (QED) is 0.406. The summed E-state index contributed by atoms with van der Waals surface area (Å²) in [6.45, 7) is 7.77. The fourth-order valence-corrected chi connectivity index (χ4v) is 13.7. The number of rotatable bonds is 6. The molecule has 2 heterocycles.